The molecule has 0 atom stereocenters. The highest BCUT2D eigenvalue weighted by atomic mass is 32.2. The Labute approximate surface area is 124 Å². The van der Waals surface area contributed by atoms with Crippen molar-refractivity contribution in [2.45, 2.75) is 18.2 Å². The monoisotopic (exact) mass is 333 g/mol. The fraction of sp³-hybridized carbons (Fsp3) is 0.250. The van der Waals surface area contributed by atoms with Crippen molar-refractivity contribution in [3.05, 3.63) is 39.8 Å². The zero-order valence-corrected chi connectivity index (χ0v) is 12.7. The Morgan fingerprint density at radius 1 is 1.38 bits per heavy atom. The lowest BCUT2D eigenvalue weighted by atomic mass is 10.3. The van der Waals surface area contributed by atoms with Gasteiger partial charge in [0, 0.05) is 24.0 Å². The van der Waals surface area contributed by atoms with E-state index in [4.69, 9.17) is 5.73 Å². The van der Waals surface area contributed by atoms with Gasteiger partial charge in [-0.1, -0.05) is 0 Å². The molecule has 114 valence electrons. The number of nitrogens with two attached hydrogens (primary N) is 1. The maximum atomic E-state index is 13.6. The Hall–Kier alpha value is -1.58. The molecule has 9 heteroatoms. The van der Waals surface area contributed by atoms with E-state index in [-0.39, 0.29) is 12.2 Å². The van der Waals surface area contributed by atoms with Gasteiger partial charge >= 0.3 is 0 Å². The van der Waals surface area contributed by atoms with E-state index in [0.29, 0.717) is 6.42 Å². The number of nitrogens with zero attached hydrogens (tertiary/aromatic N) is 1. The van der Waals surface area contributed by atoms with Gasteiger partial charge in [-0.25, -0.2) is 26.9 Å². The zero-order valence-electron chi connectivity index (χ0n) is 11.1. The van der Waals surface area contributed by atoms with Gasteiger partial charge in [-0.05, 0) is 19.1 Å². The van der Waals surface area contributed by atoms with Crippen LogP contribution in [0.15, 0.2) is 22.4 Å². The smallest absolute Gasteiger partial charge is 0.243 e. The first-order valence-corrected chi connectivity index (χ1v) is 8.31. The number of nitrogen functional groups attached to an aromatic ring is 1. The van der Waals surface area contributed by atoms with Crippen molar-refractivity contribution < 1.29 is 17.2 Å². The van der Waals surface area contributed by atoms with E-state index in [1.54, 1.807) is 0 Å². The van der Waals surface area contributed by atoms with Crippen LogP contribution in [0.2, 0.25) is 0 Å². The van der Waals surface area contributed by atoms with Crippen molar-refractivity contribution >= 4 is 27.0 Å². The van der Waals surface area contributed by atoms with Crippen LogP contribution in [0.25, 0.3) is 0 Å². The molecule has 0 fully saturated rings. The van der Waals surface area contributed by atoms with Crippen LogP contribution < -0.4 is 10.5 Å². The summed E-state index contributed by atoms with van der Waals surface area (Å²) in [7, 11) is -4.17. The van der Waals surface area contributed by atoms with Gasteiger partial charge in [0.2, 0.25) is 10.0 Å². The standard InChI is InChI=1S/C12H13F2N3O2S2/c1-7-17-9(6-20-7)2-3-16-21(18,19)11-5-8(15)4-10(13)12(11)14/h4-6,16H,2-3,15H2,1H3. The average molecular weight is 333 g/mol. The van der Waals surface area contributed by atoms with E-state index in [9.17, 15) is 17.2 Å². The van der Waals surface area contributed by atoms with Gasteiger partial charge in [0.15, 0.2) is 11.6 Å². The Balaban J connectivity index is 2.12. The molecule has 1 heterocycles. The van der Waals surface area contributed by atoms with Gasteiger partial charge in [-0.2, -0.15) is 0 Å². The summed E-state index contributed by atoms with van der Waals surface area (Å²) in [5.41, 5.74) is 5.91. The maximum absolute atomic E-state index is 13.6. The number of hydrogen-bond donors (Lipinski definition) is 2. The third-order valence-electron chi connectivity index (χ3n) is 2.65. The summed E-state index contributed by atoms with van der Waals surface area (Å²) in [4.78, 5) is 3.38. The SMILES string of the molecule is Cc1nc(CCNS(=O)(=O)c2cc(N)cc(F)c2F)cs1. The van der Waals surface area contributed by atoms with Gasteiger partial charge in [-0.3, -0.25) is 0 Å². The number of rotatable bonds is 5. The number of hydrogen-bond acceptors (Lipinski definition) is 5. The summed E-state index contributed by atoms with van der Waals surface area (Å²) in [6.07, 6.45) is 0.357. The fourth-order valence-corrected chi connectivity index (χ4v) is 3.49. The molecular formula is C12H13F2N3O2S2. The fourth-order valence-electron chi connectivity index (χ4n) is 1.69. The number of benzene rings is 1. The third-order valence-corrected chi connectivity index (χ3v) is 4.93. The Morgan fingerprint density at radius 2 is 2.10 bits per heavy atom. The van der Waals surface area contributed by atoms with Gasteiger partial charge in [-0.15, -0.1) is 11.3 Å². The molecule has 1 aromatic carbocycles. The number of aryl methyl sites for hydroxylation is 1. The average Bonchev–Trinajstić information content (AvgIpc) is 2.79. The number of nitrogens with one attached hydrogen (secondary N) is 1. The Morgan fingerprint density at radius 3 is 2.71 bits per heavy atom. The van der Waals surface area contributed by atoms with Crippen molar-refractivity contribution in [1.29, 1.82) is 0 Å². The van der Waals surface area contributed by atoms with E-state index in [1.165, 1.54) is 11.3 Å². The highest BCUT2D eigenvalue weighted by Gasteiger charge is 2.22. The van der Waals surface area contributed by atoms with E-state index >= 15 is 0 Å². The normalized spacial score (nSPS) is 11.8. The zero-order chi connectivity index (χ0) is 15.6. The minimum atomic E-state index is -4.17. The summed E-state index contributed by atoms with van der Waals surface area (Å²) < 4.78 is 52.9. The van der Waals surface area contributed by atoms with Crippen LogP contribution in [-0.2, 0) is 16.4 Å². The molecule has 0 amide bonds. The number of halogens is 2. The molecule has 1 aromatic heterocycles. The van der Waals surface area contributed by atoms with E-state index in [2.05, 4.69) is 9.71 Å². The molecule has 0 aliphatic heterocycles. The predicted octanol–water partition coefficient (Wildman–Crippen LogP) is 1.83. The van der Waals surface area contributed by atoms with Crippen LogP contribution in [0.1, 0.15) is 10.7 Å². The second kappa shape index (κ2) is 6.04. The largest absolute Gasteiger partial charge is 0.399 e. The predicted molar refractivity (Wildman–Crippen MR) is 76.5 cm³/mol. The van der Waals surface area contributed by atoms with Crippen molar-refractivity contribution in [3.8, 4) is 0 Å². The molecule has 2 rings (SSSR count). The molecule has 21 heavy (non-hydrogen) atoms. The van der Waals surface area contributed by atoms with E-state index in [1.807, 2.05) is 12.3 Å². The van der Waals surface area contributed by atoms with Gasteiger partial charge in [0.05, 0.1) is 10.7 Å². The molecule has 0 unspecified atom stereocenters. The lowest BCUT2D eigenvalue weighted by molar-refractivity contribution is 0.484. The third kappa shape index (κ3) is 3.74. The molecule has 0 aliphatic rings. The molecule has 2 aromatic rings. The molecular weight excluding hydrogens is 320 g/mol. The molecule has 5 nitrogen and oxygen atoms in total. The van der Waals surface area contributed by atoms with E-state index < -0.39 is 26.6 Å². The highest BCUT2D eigenvalue weighted by molar-refractivity contribution is 7.89. The first-order valence-electron chi connectivity index (χ1n) is 5.95. The second-order valence-corrected chi connectivity index (χ2v) is 7.12. The number of anilines is 1. The van der Waals surface area contributed by atoms with Gasteiger partial charge in [0.25, 0.3) is 0 Å². The van der Waals surface area contributed by atoms with E-state index in [0.717, 1.165) is 22.8 Å². The topological polar surface area (TPSA) is 85.1 Å². The van der Waals surface area contributed by atoms with Crippen molar-refractivity contribution in [1.82, 2.24) is 9.71 Å². The molecule has 0 saturated heterocycles. The molecule has 0 saturated carbocycles. The van der Waals surface area contributed by atoms with Crippen LogP contribution >= 0.6 is 11.3 Å². The van der Waals surface area contributed by atoms with Crippen LogP contribution in [0.5, 0.6) is 0 Å². The van der Waals surface area contributed by atoms with Crippen LogP contribution in [-0.4, -0.2) is 19.9 Å². The second-order valence-electron chi connectivity index (χ2n) is 4.32. The van der Waals surface area contributed by atoms with Crippen LogP contribution in [0.3, 0.4) is 0 Å². The molecule has 0 radical (unpaired) electrons. The molecule has 0 spiro atoms. The first-order chi connectivity index (χ1) is 9.79. The molecule has 0 bridgehead atoms. The lowest BCUT2D eigenvalue weighted by Crippen LogP contribution is -2.27. The minimum Gasteiger partial charge on any atom is -0.399 e. The van der Waals surface area contributed by atoms with Crippen LogP contribution in [0, 0.1) is 18.6 Å². The molecule has 0 aliphatic carbocycles. The lowest BCUT2D eigenvalue weighted by Gasteiger charge is -2.08. The summed E-state index contributed by atoms with van der Waals surface area (Å²) in [5, 5.41) is 2.68. The molecule has 3 N–H and O–H groups in total. The van der Waals surface area contributed by atoms with Crippen molar-refractivity contribution in [2.24, 2.45) is 0 Å². The van der Waals surface area contributed by atoms with Crippen molar-refractivity contribution in [2.75, 3.05) is 12.3 Å². The Bertz CT molecular complexity index is 760. The van der Waals surface area contributed by atoms with Crippen LogP contribution in [0.4, 0.5) is 14.5 Å². The summed E-state index contributed by atoms with van der Waals surface area (Å²) in [5.74, 6) is -2.74. The number of thiazole rings is 1. The van der Waals surface area contributed by atoms with Gasteiger partial charge < -0.3 is 5.73 Å². The van der Waals surface area contributed by atoms with Crippen molar-refractivity contribution in [3.63, 3.8) is 0 Å². The number of sulfonamides is 1. The van der Waals surface area contributed by atoms with Gasteiger partial charge in [0.1, 0.15) is 4.90 Å². The summed E-state index contributed by atoms with van der Waals surface area (Å²) in [6, 6.07) is 1.61. The summed E-state index contributed by atoms with van der Waals surface area (Å²) >= 11 is 1.45. The number of aromatic nitrogens is 1. The maximum Gasteiger partial charge on any atom is 0.243 e. The first kappa shape index (κ1) is 15.8. The quantitative estimate of drug-likeness (QED) is 0.818. The minimum absolute atomic E-state index is 0.0291. The Kier molecular flexibility index (Phi) is 4.55. The summed E-state index contributed by atoms with van der Waals surface area (Å²) in [6.45, 7) is 1.87. The highest BCUT2D eigenvalue weighted by Crippen LogP contribution is 2.20.